The molecular formula is C14H15ClFN5O. The van der Waals surface area contributed by atoms with E-state index in [1.807, 2.05) is 0 Å². The normalized spacial score (nSPS) is 13.3. The van der Waals surface area contributed by atoms with E-state index in [0.717, 1.165) is 12.8 Å². The maximum Gasteiger partial charge on any atom is 0.283 e. The maximum absolute atomic E-state index is 13.9. The van der Waals surface area contributed by atoms with Crippen LogP contribution in [-0.2, 0) is 0 Å². The smallest absolute Gasteiger partial charge is 0.283 e. The van der Waals surface area contributed by atoms with Crippen molar-refractivity contribution in [3.05, 3.63) is 47.5 Å². The molecule has 0 radical (unpaired) electrons. The minimum absolute atomic E-state index is 0. The fourth-order valence-corrected chi connectivity index (χ4v) is 2.27. The first-order valence-corrected chi connectivity index (χ1v) is 6.54. The number of nitrogens with two attached hydrogens (primary N) is 2. The van der Waals surface area contributed by atoms with Gasteiger partial charge in [-0.3, -0.25) is 4.79 Å². The van der Waals surface area contributed by atoms with Crippen LogP contribution in [0.3, 0.4) is 0 Å². The number of hydrogen-bond donors (Lipinski definition) is 2. The molecule has 3 rings (SSSR count). The fraction of sp³-hybridized carbons (Fsp3) is 0.214. The number of benzene rings is 1. The number of carbonyl (C=O) groups is 1. The first kappa shape index (κ1) is 16.0. The molecule has 2 aromatic rings. The van der Waals surface area contributed by atoms with Crippen molar-refractivity contribution in [2.24, 2.45) is 16.5 Å². The van der Waals surface area contributed by atoms with Gasteiger partial charge in [0.25, 0.3) is 5.91 Å². The molecule has 1 saturated carbocycles. The summed E-state index contributed by atoms with van der Waals surface area (Å²) in [5.41, 5.74) is 11.8. The van der Waals surface area contributed by atoms with E-state index in [1.165, 1.54) is 16.9 Å². The highest BCUT2D eigenvalue weighted by Gasteiger charge is 2.33. The standard InChI is InChI=1S/C14H14FN5O.ClH/c15-10-3-1-2-4-11(10)20-12(8-5-6-8)9(7-18-20)13(21)19-14(16)17;/h1-4,7-8H,5-6H2,(H4,16,17,19,21);1H. The number of aliphatic imine (C=N–C) groups is 1. The summed E-state index contributed by atoms with van der Waals surface area (Å²) >= 11 is 0. The largest absolute Gasteiger partial charge is 0.370 e. The second-order valence-electron chi connectivity index (χ2n) is 4.92. The molecule has 0 unspecified atom stereocenters. The van der Waals surface area contributed by atoms with E-state index in [2.05, 4.69) is 10.1 Å². The third-order valence-corrected chi connectivity index (χ3v) is 3.31. The predicted octanol–water partition coefficient (Wildman–Crippen LogP) is 1.72. The van der Waals surface area contributed by atoms with Gasteiger partial charge in [0.15, 0.2) is 5.96 Å². The molecule has 1 fully saturated rings. The Bertz CT molecular complexity index is 735. The molecule has 1 aromatic heterocycles. The maximum atomic E-state index is 13.9. The molecule has 1 amide bonds. The van der Waals surface area contributed by atoms with Crippen LogP contribution in [0.2, 0.25) is 0 Å². The van der Waals surface area contributed by atoms with Crippen LogP contribution in [0.1, 0.15) is 34.8 Å². The van der Waals surface area contributed by atoms with E-state index in [1.54, 1.807) is 18.2 Å². The van der Waals surface area contributed by atoms with Crippen LogP contribution in [0, 0.1) is 5.82 Å². The Balaban J connectivity index is 0.00000176. The molecule has 0 atom stereocenters. The molecule has 6 nitrogen and oxygen atoms in total. The van der Waals surface area contributed by atoms with Gasteiger partial charge in [0.1, 0.15) is 11.5 Å². The van der Waals surface area contributed by atoms with E-state index in [4.69, 9.17) is 11.5 Å². The molecule has 22 heavy (non-hydrogen) atoms. The van der Waals surface area contributed by atoms with E-state index >= 15 is 0 Å². The minimum Gasteiger partial charge on any atom is -0.370 e. The zero-order valence-corrected chi connectivity index (χ0v) is 12.4. The number of carbonyl (C=O) groups excluding carboxylic acids is 1. The van der Waals surface area contributed by atoms with Gasteiger partial charge in [-0.15, -0.1) is 12.4 Å². The minimum atomic E-state index is -0.556. The zero-order chi connectivity index (χ0) is 15.0. The van der Waals surface area contributed by atoms with Crippen LogP contribution in [0.5, 0.6) is 0 Å². The van der Waals surface area contributed by atoms with Crippen molar-refractivity contribution < 1.29 is 9.18 Å². The lowest BCUT2D eigenvalue weighted by atomic mass is 10.1. The summed E-state index contributed by atoms with van der Waals surface area (Å²) in [6.45, 7) is 0. The summed E-state index contributed by atoms with van der Waals surface area (Å²) < 4.78 is 15.4. The van der Waals surface area contributed by atoms with E-state index in [9.17, 15) is 9.18 Å². The Labute approximate surface area is 132 Å². The summed E-state index contributed by atoms with van der Waals surface area (Å²) in [4.78, 5) is 15.6. The number of guanidine groups is 1. The third-order valence-electron chi connectivity index (χ3n) is 3.31. The van der Waals surface area contributed by atoms with Crippen LogP contribution < -0.4 is 11.5 Å². The molecule has 0 spiro atoms. The summed E-state index contributed by atoms with van der Waals surface area (Å²) in [6, 6.07) is 6.28. The summed E-state index contributed by atoms with van der Waals surface area (Å²) in [5, 5.41) is 4.14. The number of hydrogen-bond acceptors (Lipinski definition) is 2. The second kappa shape index (κ2) is 6.15. The first-order chi connectivity index (χ1) is 10.1. The molecule has 0 saturated heterocycles. The molecule has 4 N–H and O–H groups in total. The van der Waals surface area contributed by atoms with Gasteiger partial charge < -0.3 is 11.5 Å². The van der Waals surface area contributed by atoms with Gasteiger partial charge in [-0.05, 0) is 25.0 Å². The third kappa shape index (κ3) is 2.94. The summed E-state index contributed by atoms with van der Waals surface area (Å²) in [7, 11) is 0. The van der Waals surface area contributed by atoms with E-state index in [0.29, 0.717) is 16.9 Å². The van der Waals surface area contributed by atoms with Crippen molar-refractivity contribution in [1.82, 2.24) is 9.78 Å². The van der Waals surface area contributed by atoms with E-state index in [-0.39, 0.29) is 24.3 Å². The van der Waals surface area contributed by atoms with Gasteiger partial charge in [-0.25, -0.2) is 9.07 Å². The number of para-hydroxylation sites is 1. The lowest BCUT2D eigenvalue weighted by Crippen LogP contribution is -2.24. The average Bonchev–Trinajstić information content (AvgIpc) is 3.17. The number of amides is 1. The highest BCUT2D eigenvalue weighted by atomic mass is 35.5. The summed E-state index contributed by atoms with van der Waals surface area (Å²) in [6.07, 6.45) is 3.25. The Morgan fingerprint density at radius 1 is 1.32 bits per heavy atom. The van der Waals surface area contributed by atoms with Gasteiger partial charge in [-0.1, -0.05) is 12.1 Å². The lowest BCUT2D eigenvalue weighted by Gasteiger charge is -2.08. The van der Waals surface area contributed by atoms with Crippen LogP contribution in [-0.4, -0.2) is 21.6 Å². The Kier molecular flexibility index (Phi) is 4.46. The lowest BCUT2D eigenvalue weighted by molar-refractivity contribution is 0.100. The van der Waals surface area contributed by atoms with Crippen molar-refractivity contribution in [2.45, 2.75) is 18.8 Å². The Hall–Kier alpha value is -2.41. The molecule has 0 aliphatic heterocycles. The molecular weight excluding hydrogens is 309 g/mol. The first-order valence-electron chi connectivity index (χ1n) is 6.54. The number of rotatable bonds is 3. The van der Waals surface area contributed by atoms with Gasteiger partial charge in [0, 0.05) is 5.92 Å². The van der Waals surface area contributed by atoms with Crippen molar-refractivity contribution in [3.8, 4) is 5.69 Å². The van der Waals surface area contributed by atoms with E-state index < -0.39 is 11.7 Å². The molecule has 1 aliphatic rings. The Morgan fingerprint density at radius 2 is 2.00 bits per heavy atom. The van der Waals surface area contributed by atoms with Crippen molar-refractivity contribution in [2.75, 3.05) is 0 Å². The second-order valence-corrected chi connectivity index (χ2v) is 4.92. The van der Waals surface area contributed by atoms with Crippen LogP contribution in [0.4, 0.5) is 4.39 Å². The molecule has 8 heteroatoms. The fourth-order valence-electron chi connectivity index (χ4n) is 2.27. The van der Waals surface area contributed by atoms with Crippen LogP contribution in [0.15, 0.2) is 35.5 Å². The van der Waals surface area contributed by atoms with Gasteiger partial charge in [0.2, 0.25) is 0 Å². The number of halogens is 2. The molecule has 0 bridgehead atoms. The number of nitrogens with zero attached hydrogens (tertiary/aromatic N) is 3. The topological polar surface area (TPSA) is 99.3 Å². The number of aromatic nitrogens is 2. The van der Waals surface area contributed by atoms with Gasteiger partial charge in [0.05, 0.1) is 17.5 Å². The SMILES string of the molecule is Cl.NC(N)=NC(=O)c1cnn(-c2ccccc2F)c1C1CC1. The average molecular weight is 324 g/mol. The molecule has 1 heterocycles. The monoisotopic (exact) mass is 323 g/mol. The predicted molar refractivity (Wildman–Crippen MR) is 82.9 cm³/mol. The summed E-state index contributed by atoms with van der Waals surface area (Å²) in [5.74, 6) is -1.08. The van der Waals surface area contributed by atoms with Crippen molar-refractivity contribution in [1.29, 1.82) is 0 Å². The van der Waals surface area contributed by atoms with Crippen molar-refractivity contribution >= 4 is 24.3 Å². The van der Waals surface area contributed by atoms with Crippen LogP contribution in [0.25, 0.3) is 5.69 Å². The highest BCUT2D eigenvalue weighted by Crippen LogP contribution is 2.42. The quantitative estimate of drug-likeness (QED) is 0.663. The zero-order valence-electron chi connectivity index (χ0n) is 11.6. The van der Waals surface area contributed by atoms with Crippen molar-refractivity contribution in [3.63, 3.8) is 0 Å². The molecule has 116 valence electrons. The van der Waals surface area contributed by atoms with Crippen LogP contribution >= 0.6 is 12.4 Å². The van der Waals surface area contributed by atoms with Gasteiger partial charge in [-0.2, -0.15) is 10.1 Å². The highest BCUT2D eigenvalue weighted by molar-refractivity contribution is 6.02. The molecule has 1 aromatic carbocycles. The molecule has 1 aliphatic carbocycles. The Morgan fingerprint density at radius 3 is 2.59 bits per heavy atom. The van der Waals surface area contributed by atoms with Gasteiger partial charge >= 0.3 is 0 Å².